The molecule has 1 aliphatic rings. The summed E-state index contributed by atoms with van der Waals surface area (Å²) < 4.78 is 44.5. The number of nitrogens with zero attached hydrogens (tertiary/aromatic N) is 1. The Kier molecular flexibility index (Phi) is 5.01. The average Bonchev–Trinajstić information content (AvgIpc) is 2.83. The fourth-order valence-electron chi connectivity index (χ4n) is 2.46. The molecule has 1 aromatic rings. The summed E-state index contributed by atoms with van der Waals surface area (Å²) in [4.78, 5) is 0. The summed E-state index contributed by atoms with van der Waals surface area (Å²) in [5.41, 5.74) is 0.486. The molecule has 4 nitrogen and oxygen atoms in total. The Balaban J connectivity index is 2.16. The minimum absolute atomic E-state index is 0.0624. The molecule has 1 saturated heterocycles. The summed E-state index contributed by atoms with van der Waals surface area (Å²) in [5.74, 6) is -0.723. The van der Waals surface area contributed by atoms with Crippen molar-refractivity contribution in [3.8, 4) is 0 Å². The van der Waals surface area contributed by atoms with E-state index in [4.69, 9.17) is 16.3 Å². The van der Waals surface area contributed by atoms with Gasteiger partial charge in [-0.15, -0.1) is 0 Å². The molecule has 112 valence electrons. The summed E-state index contributed by atoms with van der Waals surface area (Å²) in [6, 6.07) is 3.88. The number of methoxy groups -OCH3 is 1. The van der Waals surface area contributed by atoms with Gasteiger partial charge in [0.1, 0.15) is 5.82 Å². The van der Waals surface area contributed by atoms with Crippen LogP contribution in [0.25, 0.3) is 0 Å². The molecule has 0 aliphatic carbocycles. The van der Waals surface area contributed by atoms with Crippen molar-refractivity contribution in [3.63, 3.8) is 0 Å². The highest BCUT2D eigenvalue weighted by Gasteiger charge is 2.34. The molecule has 0 aromatic heterocycles. The van der Waals surface area contributed by atoms with Gasteiger partial charge in [-0.2, -0.15) is 4.31 Å². The molecule has 0 radical (unpaired) electrons. The zero-order chi connectivity index (χ0) is 14.8. The Bertz CT molecular complexity index is 579. The second kappa shape index (κ2) is 6.39. The molecular formula is C13H17ClFNO3S. The maximum Gasteiger partial charge on any atom is 0.218 e. The maximum atomic E-state index is 13.1. The van der Waals surface area contributed by atoms with Gasteiger partial charge >= 0.3 is 0 Å². The van der Waals surface area contributed by atoms with Crippen LogP contribution in [0.4, 0.5) is 4.39 Å². The molecule has 0 N–H and O–H groups in total. The van der Waals surface area contributed by atoms with E-state index in [0.29, 0.717) is 18.7 Å². The Labute approximate surface area is 123 Å². The van der Waals surface area contributed by atoms with Gasteiger partial charge < -0.3 is 4.74 Å². The third-order valence-electron chi connectivity index (χ3n) is 3.37. The van der Waals surface area contributed by atoms with Gasteiger partial charge in [0.2, 0.25) is 10.0 Å². The van der Waals surface area contributed by atoms with E-state index in [9.17, 15) is 12.8 Å². The van der Waals surface area contributed by atoms with Crippen molar-refractivity contribution in [1.82, 2.24) is 4.31 Å². The molecular weight excluding hydrogens is 305 g/mol. The molecule has 0 amide bonds. The van der Waals surface area contributed by atoms with E-state index in [2.05, 4.69) is 0 Å². The van der Waals surface area contributed by atoms with Crippen LogP contribution in [0.5, 0.6) is 0 Å². The minimum Gasteiger partial charge on any atom is -0.383 e. The zero-order valence-corrected chi connectivity index (χ0v) is 12.8. The van der Waals surface area contributed by atoms with Crippen LogP contribution in [-0.2, 0) is 20.5 Å². The van der Waals surface area contributed by atoms with Crippen molar-refractivity contribution in [2.24, 2.45) is 0 Å². The first kappa shape index (κ1) is 15.7. The van der Waals surface area contributed by atoms with E-state index in [-0.39, 0.29) is 16.8 Å². The summed E-state index contributed by atoms with van der Waals surface area (Å²) in [6.07, 6.45) is 1.63. The van der Waals surface area contributed by atoms with Crippen LogP contribution < -0.4 is 0 Å². The Morgan fingerprint density at radius 1 is 1.50 bits per heavy atom. The quantitative estimate of drug-likeness (QED) is 0.836. The Morgan fingerprint density at radius 2 is 2.25 bits per heavy atom. The lowest BCUT2D eigenvalue weighted by molar-refractivity contribution is 0.149. The smallest absolute Gasteiger partial charge is 0.218 e. The number of hydrogen-bond donors (Lipinski definition) is 0. The molecule has 20 heavy (non-hydrogen) atoms. The third kappa shape index (κ3) is 3.49. The highest BCUT2D eigenvalue weighted by atomic mass is 35.5. The van der Waals surface area contributed by atoms with Gasteiger partial charge in [0.25, 0.3) is 0 Å². The first-order valence-corrected chi connectivity index (χ1v) is 8.35. The summed E-state index contributed by atoms with van der Waals surface area (Å²) in [7, 11) is -1.88. The topological polar surface area (TPSA) is 46.6 Å². The van der Waals surface area contributed by atoms with Gasteiger partial charge in [-0.1, -0.05) is 17.7 Å². The maximum absolute atomic E-state index is 13.1. The summed E-state index contributed by atoms with van der Waals surface area (Å²) in [6.45, 7) is 0.898. The highest BCUT2D eigenvalue weighted by Crippen LogP contribution is 2.25. The number of rotatable bonds is 5. The molecule has 0 unspecified atom stereocenters. The Morgan fingerprint density at radius 3 is 2.90 bits per heavy atom. The molecule has 0 saturated carbocycles. The van der Waals surface area contributed by atoms with E-state index in [0.717, 1.165) is 12.8 Å². The molecule has 1 fully saturated rings. The first-order valence-electron chi connectivity index (χ1n) is 6.36. The van der Waals surface area contributed by atoms with Gasteiger partial charge in [-0.05, 0) is 30.5 Å². The molecule has 1 heterocycles. The van der Waals surface area contributed by atoms with Crippen molar-refractivity contribution in [1.29, 1.82) is 0 Å². The van der Waals surface area contributed by atoms with Crippen LogP contribution in [0, 0.1) is 5.82 Å². The minimum atomic E-state index is -3.44. The fourth-order valence-corrected chi connectivity index (χ4v) is 4.45. The number of benzene rings is 1. The normalized spacial score (nSPS) is 20.4. The van der Waals surface area contributed by atoms with Crippen LogP contribution in [0.1, 0.15) is 18.4 Å². The van der Waals surface area contributed by atoms with Crippen molar-refractivity contribution in [2.75, 3.05) is 20.3 Å². The van der Waals surface area contributed by atoms with Crippen LogP contribution >= 0.6 is 11.6 Å². The average molecular weight is 322 g/mol. The zero-order valence-electron chi connectivity index (χ0n) is 11.2. The van der Waals surface area contributed by atoms with E-state index < -0.39 is 15.8 Å². The molecule has 1 atom stereocenters. The Hall–Kier alpha value is -0.690. The molecule has 0 bridgehead atoms. The number of halogens is 2. The largest absolute Gasteiger partial charge is 0.383 e. The van der Waals surface area contributed by atoms with Gasteiger partial charge in [-0.3, -0.25) is 0 Å². The number of ether oxygens (including phenoxy) is 1. The molecule has 1 aliphatic heterocycles. The monoisotopic (exact) mass is 321 g/mol. The van der Waals surface area contributed by atoms with Crippen molar-refractivity contribution >= 4 is 21.6 Å². The van der Waals surface area contributed by atoms with Gasteiger partial charge in [-0.25, -0.2) is 12.8 Å². The van der Waals surface area contributed by atoms with Gasteiger partial charge in [0.05, 0.1) is 17.4 Å². The van der Waals surface area contributed by atoms with Crippen LogP contribution in [0.15, 0.2) is 18.2 Å². The first-order chi connectivity index (χ1) is 9.44. The highest BCUT2D eigenvalue weighted by molar-refractivity contribution is 7.88. The van der Waals surface area contributed by atoms with Crippen LogP contribution in [0.3, 0.4) is 0 Å². The lowest BCUT2D eigenvalue weighted by Gasteiger charge is -2.23. The van der Waals surface area contributed by atoms with Crippen molar-refractivity contribution in [3.05, 3.63) is 34.6 Å². The van der Waals surface area contributed by atoms with Gasteiger partial charge in [0.15, 0.2) is 0 Å². The predicted octanol–water partition coefficient (Wildman–Crippen LogP) is 2.42. The standard InChI is InChI=1S/C13H17ClFNO3S/c1-19-8-11-3-2-6-16(11)20(17,18)9-10-4-5-13(15)12(14)7-10/h4-5,7,11H,2-3,6,8-9H2,1H3/t11-/m0/s1. The number of sulfonamides is 1. The van der Waals surface area contributed by atoms with E-state index in [1.54, 1.807) is 7.11 Å². The second-order valence-corrected chi connectivity index (χ2v) is 7.20. The van der Waals surface area contributed by atoms with Crippen molar-refractivity contribution < 1.29 is 17.5 Å². The fraction of sp³-hybridized carbons (Fsp3) is 0.538. The molecule has 0 spiro atoms. The summed E-state index contributed by atoms with van der Waals surface area (Å²) in [5, 5.41) is -0.0624. The molecule has 2 rings (SSSR count). The lowest BCUT2D eigenvalue weighted by atomic mass is 10.2. The van der Waals surface area contributed by atoms with E-state index in [1.807, 2.05) is 0 Å². The lowest BCUT2D eigenvalue weighted by Crippen LogP contribution is -2.38. The predicted molar refractivity (Wildman–Crippen MR) is 75.6 cm³/mol. The van der Waals surface area contributed by atoms with Crippen LogP contribution in [0.2, 0.25) is 5.02 Å². The third-order valence-corrected chi connectivity index (χ3v) is 5.56. The molecule has 7 heteroatoms. The van der Waals surface area contributed by atoms with E-state index in [1.165, 1.54) is 22.5 Å². The SMILES string of the molecule is COC[C@@H]1CCCN1S(=O)(=O)Cc1ccc(F)c(Cl)c1. The number of hydrogen-bond acceptors (Lipinski definition) is 3. The summed E-state index contributed by atoms with van der Waals surface area (Å²) >= 11 is 5.68. The van der Waals surface area contributed by atoms with Crippen molar-refractivity contribution in [2.45, 2.75) is 24.6 Å². The van der Waals surface area contributed by atoms with Crippen LogP contribution in [-0.4, -0.2) is 39.0 Å². The van der Waals surface area contributed by atoms with E-state index >= 15 is 0 Å². The van der Waals surface area contributed by atoms with Gasteiger partial charge in [0, 0.05) is 19.7 Å². The molecule has 1 aromatic carbocycles. The second-order valence-electron chi connectivity index (χ2n) is 4.87.